The molecule has 0 aliphatic heterocycles. The van der Waals surface area contributed by atoms with Gasteiger partial charge in [-0.05, 0) is 19.8 Å². The molecular formula is C6H8F. The van der Waals surface area contributed by atoms with Crippen molar-refractivity contribution >= 4 is 0 Å². The van der Waals surface area contributed by atoms with Crippen LogP contribution in [0.15, 0.2) is 0 Å². The van der Waals surface area contributed by atoms with Crippen LogP contribution in [-0.4, -0.2) is 6.17 Å². The van der Waals surface area contributed by atoms with E-state index in [4.69, 9.17) is 6.42 Å². The van der Waals surface area contributed by atoms with Crippen molar-refractivity contribution in [3.63, 3.8) is 0 Å². The van der Waals surface area contributed by atoms with Gasteiger partial charge in [0.2, 0.25) is 0 Å². The van der Waals surface area contributed by atoms with Gasteiger partial charge in [-0.3, -0.25) is 0 Å². The number of hydrogen-bond acceptors (Lipinski definition) is 0. The first-order valence-electron chi connectivity index (χ1n) is 2.31. The molecule has 39 valence electrons. The normalized spacial score (nSPS) is 12.7. The van der Waals surface area contributed by atoms with E-state index in [-0.39, 0.29) is 0 Å². The molecule has 0 aliphatic carbocycles. The van der Waals surface area contributed by atoms with Crippen LogP contribution < -0.4 is 0 Å². The van der Waals surface area contributed by atoms with Gasteiger partial charge in [-0.25, -0.2) is 4.39 Å². The van der Waals surface area contributed by atoms with Crippen molar-refractivity contribution in [2.45, 2.75) is 25.9 Å². The molecule has 0 aromatic rings. The molecular weight excluding hydrogens is 91.1 g/mol. The predicted molar refractivity (Wildman–Crippen MR) is 26.9 cm³/mol. The third-order valence-electron chi connectivity index (χ3n) is 0.667. The zero-order chi connectivity index (χ0) is 5.70. The van der Waals surface area contributed by atoms with E-state index in [1.165, 1.54) is 6.92 Å². The van der Waals surface area contributed by atoms with Crippen LogP contribution in [0.1, 0.15) is 19.8 Å². The van der Waals surface area contributed by atoms with Crippen molar-refractivity contribution in [2.75, 3.05) is 0 Å². The SMILES string of the molecule is [C]#CCCC(C)F. The summed E-state index contributed by atoms with van der Waals surface area (Å²) in [5.74, 6) is 2.11. The van der Waals surface area contributed by atoms with Crippen molar-refractivity contribution in [1.82, 2.24) is 0 Å². The summed E-state index contributed by atoms with van der Waals surface area (Å²) >= 11 is 0. The van der Waals surface area contributed by atoms with Crippen molar-refractivity contribution in [2.24, 2.45) is 0 Å². The third kappa shape index (κ3) is 5.49. The largest absolute Gasteiger partial charge is 0.248 e. The van der Waals surface area contributed by atoms with E-state index in [1.54, 1.807) is 0 Å². The highest BCUT2D eigenvalue weighted by Crippen LogP contribution is 1.97. The Bertz CT molecular complexity index is 68.7. The molecule has 1 unspecified atom stereocenters. The first kappa shape index (κ1) is 6.49. The fourth-order valence-corrected chi connectivity index (χ4v) is 0.271. The monoisotopic (exact) mass is 99.1 g/mol. The van der Waals surface area contributed by atoms with Crippen molar-refractivity contribution in [3.8, 4) is 5.92 Å². The molecule has 0 aromatic heterocycles. The van der Waals surface area contributed by atoms with Gasteiger partial charge in [0.1, 0.15) is 0 Å². The van der Waals surface area contributed by atoms with E-state index in [0.29, 0.717) is 12.8 Å². The summed E-state index contributed by atoms with van der Waals surface area (Å²) in [6.07, 6.45) is 6.48. The molecule has 0 nitrogen and oxygen atoms in total. The maximum Gasteiger partial charge on any atom is 0.0982 e. The Balaban J connectivity index is 2.86. The molecule has 0 heterocycles. The highest BCUT2D eigenvalue weighted by Gasteiger charge is 1.92. The number of halogens is 1. The quantitative estimate of drug-likeness (QED) is 0.462. The van der Waals surface area contributed by atoms with Gasteiger partial charge in [-0.1, -0.05) is 5.92 Å². The van der Waals surface area contributed by atoms with Gasteiger partial charge in [0.25, 0.3) is 0 Å². The molecule has 0 aromatic carbocycles. The summed E-state index contributed by atoms with van der Waals surface area (Å²) < 4.78 is 11.8. The molecule has 0 aliphatic rings. The van der Waals surface area contributed by atoms with Gasteiger partial charge >= 0.3 is 0 Å². The fourth-order valence-electron chi connectivity index (χ4n) is 0.271. The summed E-state index contributed by atoms with van der Waals surface area (Å²) in [7, 11) is 0. The summed E-state index contributed by atoms with van der Waals surface area (Å²) in [6, 6.07) is 0. The van der Waals surface area contributed by atoms with E-state index in [0.717, 1.165) is 0 Å². The van der Waals surface area contributed by atoms with Gasteiger partial charge in [0.05, 0.1) is 6.17 Å². The van der Waals surface area contributed by atoms with Gasteiger partial charge < -0.3 is 0 Å². The third-order valence-corrected chi connectivity index (χ3v) is 0.667. The summed E-state index contributed by atoms with van der Waals surface area (Å²) in [4.78, 5) is 0. The Labute approximate surface area is 43.7 Å². The Morgan fingerprint density at radius 1 is 1.86 bits per heavy atom. The van der Waals surface area contributed by atoms with Crippen molar-refractivity contribution in [3.05, 3.63) is 6.42 Å². The van der Waals surface area contributed by atoms with E-state index in [1.807, 2.05) is 0 Å². The summed E-state index contributed by atoms with van der Waals surface area (Å²) in [5, 5.41) is 0. The lowest BCUT2D eigenvalue weighted by atomic mass is 10.2. The molecule has 1 radical (unpaired) electrons. The lowest BCUT2D eigenvalue weighted by molar-refractivity contribution is 0.345. The molecule has 1 atom stereocenters. The highest BCUT2D eigenvalue weighted by molar-refractivity contribution is 4.75. The molecule has 0 amide bonds. The first-order chi connectivity index (χ1) is 3.27. The first-order valence-corrected chi connectivity index (χ1v) is 2.31. The fraction of sp³-hybridized carbons (Fsp3) is 0.667. The standard InChI is InChI=1S/C6H8F/c1-3-4-5-6(2)7/h6H,4-5H2,2H3. The van der Waals surface area contributed by atoms with E-state index in [9.17, 15) is 4.39 Å². The predicted octanol–water partition coefficient (Wildman–Crippen LogP) is 1.71. The molecule has 0 bridgehead atoms. The van der Waals surface area contributed by atoms with Crippen LogP contribution in [0.5, 0.6) is 0 Å². The summed E-state index contributed by atoms with van der Waals surface area (Å²) in [5.41, 5.74) is 0. The average molecular weight is 99.1 g/mol. The molecule has 7 heavy (non-hydrogen) atoms. The van der Waals surface area contributed by atoms with Crippen molar-refractivity contribution in [1.29, 1.82) is 0 Å². The second-order valence-corrected chi connectivity index (χ2v) is 1.50. The molecule has 0 N–H and O–H groups in total. The minimum Gasteiger partial charge on any atom is -0.248 e. The molecule has 1 heteroatoms. The topological polar surface area (TPSA) is 0 Å². The zero-order valence-electron chi connectivity index (χ0n) is 4.37. The lowest BCUT2D eigenvalue weighted by Crippen LogP contribution is -1.88. The van der Waals surface area contributed by atoms with E-state index >= 15 is 0 Å². The second kappa shape index (κ2) is 3.67. The van der Waals surface area contributed by atoms with Crippen LogP contribution in [0.25, 0.3) is 0 Å². The van der Waals surface area contributed by atoms with Crippen LogP contribution in [0, 0.1) is 12.3 Å². The Morgan fingerprint density at radius 2 is 2.43 bits per heavy atom. The lowest BCUT2D eigenvalue weighted by Gasteiger charge is -1.91. The van der Waals surface area contributed by atoms with Crippen LogP contribution in [0.2, 0.25) is 0 Å². The van der Waals surface area contributed by atoms with Crippen LogP contribution in [0.4, 0.5) is 4.39 Å². The minimum absolute atomic E-state index is 0.434. The molecule has 0 spiro atoms. The van der Waals surface area contributed by atoms with Crippen LogP contribution in [-0.2, 0) is 0 Å². The second-order valence-electron chi connectivity index (χ2n) is 1.50. The van der Waals surface area contributed by atoms with Gasteiger partial charge in [-0.2, -0.15) is 0 Å². The van der Waals surface area contributed by atoms with Gasteiger partial charge in [0.15, 0.2) is 0 Å². The maximum absolute atomic E-state index is 11.8. The van der Waals surface area contributed by atoms with Crippen LogP contribution >= 0.6 is 0 Å². The minimum atomic E-state index is -0.780. The maximum atomic E-state index is 11.8. The number of hydrogen-bond donors (Lipinski definition) is 0. The van der Waals surface area contributed by atoms with E-state index < -0.39 is 6.17 Å². The van der Waals surface area contributed by atoms with E-state index in [2.05, 4.69) is 5.92 Å². The Morgan fingerprint density at radius 3 is 2.57 bits per heavy atom. The Hall–Kier alpha value is -0.510. The van der Waals surface area contributed by atoms with Gasteiger partial charge in [0, 0.05) is 6.42 Å². The van der Waals surface area contributed by atoms with Crippen molar-refractivity contribution < 1.29 is 4.39 Å². The Kier molecular flexibility index (Phi) is 3.40. The molecule has 0 fully saturated rings. The number of alkyl halides is 1. The number of rotatable bonds is 2. The highest BCUT2D eigenvalue weighted by atomic mass is 19.1. The molecule has 0 rings (SSSR count). The van der Waals surface area contributed by atoms with Crippen LogP contribution in [0.3, 0.4) is 0 Å². The molecule has 0 saturated heterocycles. The average Bonchev–Trinajstić information content (AvgIpc) is 1.61. The smallest absolute Gasteiger partial charge is 0.0982 e. The molecule has 0 saturated carbocycles. The summed E-state index contributed by atoms with van der Waals surface area (Å²) in [6.45, 7) is 1.48. The van der Waals surface area contributed by atoms with Gasteiger partial charge in [-0.15, -0.1) is 0 Å². The zero-order valence-corrected chi connectivity index (χ0v) is 4.37.